The molecule has 0 aliphatic carbocycles. The Balaban J connectivity index is 1.74. The van der Waals surface area contributed by atoms with Gasteiger partial charge in [0.25, 0.3) is 0 Å². The van der Waals surface area contributed by atoms with Gasteiger partial charge >= 0.3 is 0 Å². The lowest BCUT2D eigenvalue weighted by molar-refractivity contribution is -0.0991. The topological polar surface area (TPSA) is 41.7 Å². The molecule has 0 amide bonds. The molecular formula is C15H21N3O. The first-order valence-corrected chi connectivity index (χ1v) is 7.06. The van der Waals surface area contributed by atoms with Crippen molar-refractivity contribution in [1.29, 1.82) is 0 Å². The van der Waals surface area contributed by atoms with E-state index in [0.717, 1.165) is 25.5 Å². The summed E-state index contributed by atoms with van der Waals surface area (Å²) in [4.78, 5) is 5.12. The van der Waals surface area contributed by atoms with Crippen molar-refractivity contribution in [1.82, 2.24) is 9.80 Å². The zero-order chi connectivity index (χ0) is 13.0. The van der Waals surface area contributed by atoms with Gasteiger partial charge in [0.05, 0.1) is 13.8 Å². The molecule has 4 heterocycles. The molecule has 19 heavy (non-hydrogen) atoms. The Hall–Kier alpha value is -1.10. The standard InChI is InChI=1S/C15H21N3O/c1-19-13-4-2-12(3-5-13)15-8-17-6-11(14(15)16)7-18(9-15)10-17/h2-5,11,14H,6-10,16H2,1H3. The van der Waals surface area contributed by atoms with Crippen LogP contribution in [0.1, 0.15) is 5.56 Å². The van der Waals surface area contributed by atoms with Crippen LogP contribution >= 0.6 is 0 Å². The molecule has 1 aromatic rings. The zero-order valence-electron chi connectivity index (χ0n) is 11.4. The maximum atomic E-state index is 6.62. The minimum absolute atomic E-state index is 0.117. The highest BCUT2D eigenvalue weighted by molar-refractivity contribution is 5.37. The van der Waals surface area contributed by atoms with Crippen molar-refractivity contribution in [2.24, 2.45) is 11.7 Å². The number of nitrogens with zero attached hydrogens (tertiary/aromatic N) is 2. The van der Waals surface area contributed by atoms with Crippen LogP contribution < -0.4 is 10.5 Å². The lowest BCUT2D eigenvalue weighted by Gasteiger charge is -2.62. The Bertz CT molecular complexity index is 473. The summed E-state index contributed by atoms with van der Waals surface area (Å²) in [6.45, 7) is 5.69. The van der Waals surface area contributed by atoms with Gasteiger partial charge in [0.15, 0.2) is 0 Å². The van der Waals surface area contributed by atoms with Crippen LogP contribution in [-0.4, -0.2) is 55.8 Å². The van der Waals surface area contributed by atoms with Gasteiger partial charge in [0.2, 0.25) is 0 Å². The first kappa shape index (κ1) is 11.7. The molecule has 5 rings (SSSR count). The third-order valence-electron chi connectivity index (χ3n) is 5.21. The van der Waals surface area contributed by atoms with Crippen LogP contribution in [0.3, 0.4) is 0 Å². The van der Waals surface area contributed by atoms with Gasteiger partial charge in [-0.05, 0) is 17.7 Å². The van der Waals surface area contributed by atoms with E-state index in [2.05, 4.69) is 34.1 Å². The van der Waals surface area contributed by atoms with E-state index < -0.39 is 0 Å². The number of hydrogen-bond donors (Lipinski definition) is 1. The van der Waals surface area contributed by atoms with Gasteiger partial charge in [-0.1, -0.05) is 12.1 Å². The van der Waals surface area contributed by atoms with Crippen LogP contribution in [0.2, 0.25) is 0 Å². The fourth-order valence-corrected chi connectivity index (χ4v) is 4.38. The van der Waals surface area contributed by atoms with Gasteiger partial charge in [0, 0.05) is 43.6 Å². The normalized spacial score (nSPS) is 43.5. The fourth-order valence-electron chi connectivity index (χ4n) is 4.38. The maximum absolute atomic E-state index is 6.62. The molecule has 4 heteroatoms. The summed E-state index contributed by atoms with van der Waals surface area (Å²) in [5.74, 6) is 1.54. The van der Waals surface area contributed by atoms with Crippen molar-refractivity contribution in [3.63, 3.8) is 0 Å². The van der Waals surface area contributed by atoms with Crippen molar-refractivity contribution in [3.05, 3.63) is 29.8 Å². The Kier molecular flexibility index (Phi) is 2.43. The Morgan fingerprint density at radius 2 is 1.79 bits per heavy atom. The molecule has 3 unspecified atom stereocenters. The molecule has 3 atom stereocenters. The predicted molar refractivity (Wildman–Crippen MR) is 74.2 cm³/mol. The lowest BCUT2D eigenvalue weighted by Crippen LogP contribution is -2.77. The van der Waals surface area contributed by atoms with Gasteiger partial charge < -0.3 is 10.5 Å². The van der Waals surface area contributed by atoms with Crippen molar-refractivity contribution in [3.8, 4) is 5.75 Å². The molecule has 0 saturated carbocycles. The molecule has 4 bridgehead atoms. The molecule has 4 saturated heterocycles. The van der Waals surface area contributed by atoms with Crippen molar-refractivity contribution >= 4 is 0 Å². The summed E-state index contributed by atoms with van der Waals surface area (Å²) in [5.41, 5.74) is 8.11. The van der Waals surface area contributed by atoms with Gasteiger partial charge in [-0.2, -0.15) is 0 Å². The number of nitrogens with two attached hydrogens (primary N) is 1. The molecule has 4 aliphatic heterocycles. The van der Waals surface area contributed by atoms with Crippen molar-refractivity contribution in [2.45, 2.75) is 11.5 Å². The Morgan fingerprint density at radius 3 is 2.37 bits per heavy atom. The van der Waals surface area contributed by atoms with E-state index >= 15 is 0 Å². The number of piperidine rings is 2. The maximum Gasteiger partial charge on any atom is 0.118 e. The summed E-state index contributed by atoms with van der Waals surface area (Å²) < 4.78 is 5.26. The van der Waals surface area contributed by atoms with Crippen LogP contribution in [0.4, 0.5) is 0 Å². The third kappa shape index (κ3) is 1.57. The number of methoxy groups -OCH3 is 1. The van der Waals surface area contributed by atoms with Crippen molar-refractivity contribution < 1.29 is 4.74 Å². The van der Waals surface area contributed by atoms with E-state index in [9.17, 15) is 0 Å². The second-order valence-corrected chi connectivity index (χ2v) is 6.33. The number of benzene rings is 1. The summed E-state index contributed by atoms with van der Waals surface area (Å²) in [5, 5.41) is 0. The predicted octanol–water partition coefficient (Wildman–Crippen LogP) is 0.479. The van der Waals surface area contributed by atoms with Crippen LogP contribution in [0.25, 0.3) is 0 Å². The van der Waals surface area contributed by atoms with Crippen LogP contribution in [0.5, 0.6) is 5.75 Å². The summed E-state index contributed by atoms with van der Waals surface area (Å²) >= 11 is 0. The SMILES string of the molecule is COc1ccc(C23CN4CC(CN(C4)C2)C3N)cc1. The van der Waals surface area contributed by atoms with E-state index in [1.807, 2.05) is 0 Å². The highest BCUT2D eigenvalue weighted by Gasteiger charge is 2.55. The smallest absolute Gasteiger partial charge is 0.118 e. The number of rotatable bonds is 2. The van der Waals surface area contributed by atoms with Gasteiger partial charge in [0.1, 0.15) is 5.75 Å². The number of hydrogen-bond acceptors (Lipinski definition) is 4. The molecule has 1 aromatic carbocycles. The average molecular weight is 259 g/mol. The first-order valence-electron chi connectivity index (χ1n) is 7.06. The van der Waals surface area contributed by atoms with Crippen LogP contribution in [0, 0.1) is 5.92 Å². The monoisotopic (exact) mass is 259 g/mol. The molecule has 4 fully saturated rings. The summed E-state index contributed by atoms with van der Waals surface area (Å²) in [6.07, 6.45) is 0. The molecular weight excluding hydrogens is 238 g/mol. The second-order valence-electron chi connectivity index (χ2n) is 6.33. The van der Waals surface area contributed by atoms with E-state index in [1.54, 1.807) is 7.11 Å². The minimum Gasteiger partial charge on any atom is -0.497 e. The Labute approximate surface area is 114 Å². The second kappa shape index (κ2) is 3.95. The van der Waals surface area contributed by atoms with Crippen LogP contribution in [-0.2, 0) is 5.41 Å². The fraction of sp³-hybridized carbons (Fsp3) is 0.600. The zero-order valence-corrected chi connectivity index (χ0v) is 11.4. The molecule has 4 nitrogen and oxygen atoms in total. The highest BCUT2D eigenvalue weighted by Crippen LogP contribution is 2.43. The van der Waals surface area contributed by atoms with E-state index in [1.165, 1.54) is 18.7 Å². The molecule has 102 valence electrons. The average Bonchev–Trinajstić information content (AvgIpc) is 2.44. The third-order valence-corrected chi connectivity index (χ3v) is 5.21. The van der Waals surface area contributed by atoms with E-state index in [4.69, 9.17) is 10.5 Å². The minimum atomic E-state index is 0.117. The van der Waals surface area contributed by atoms with E-state index in [0.29, 0.717) is 5.92 Å². The summed E-state index contributed by atoms with van der Waals surface area (Å²) in [7, 11) is 1.71. The van der Waals surface area contributed by atoms with Crippen LogP contribution in [0.15, 0.2) is 24.3 Å². The van der Waals surface area contributed by atoms with Crippen molar-refractivity contribution in [2.75, 3.05) is 40.0 Å². The summed E-state index contributed by atoms with van der Waals surface area (Å²) in [6, 6.07) is 8.81. The van der Waals surface area contributed by atoms with Gasteiger partial charge in [-0.3, -0.25) is 9.80 Å². The molecule has 4 aliphatic rings. The molecule has 0 spiro atoms. The molecule has 0 radical (unpaired) electrons. The first-order chi connectivity index (χ1) is 9.21. The Morgan fingerprint density at radius 1 is 1.16 bits per heavy atom. The van der Waals surface area contributed by atoms with E-state index in [-0.39, 0.29) is 11.5 Å². The molecule has 2 N–H and O–H groups in total. The lowest BCUT2D eigenvalue weighted by atomic mass is 9.63. The molecule has 0 aromatic heterocycles. The van der Waals surface area contributed by atoms with Gasteiger partial charge in [-0.15, -0.1) is 0 Å². The quantitative estimate of drug-likeness (QED) is 0.839. The number of ether oxygens (including phenoxy) is 1. The largest absolute Gasteiger partial charge is 0.497 e. The van der Waals surface area contributed by atoms with Gasteiger partial charge in [-0.25, -0.2) is 0 Å². The highest BCUT2D eigenvalue weighted by atomic mass is 16.5.